The number of hydrogen-bond acceptors (Lipinski definition) is 4. The number of benzene rings is 2. The summed E-state index contributed by atoms with van der Waals surface area (Å²) in [6.45, 7) is 2.78. The molecule has 1 aliphatic heterocycles. The number of carbonyl (C=O) groups is 2. The Morgan fingerprint density at radius 3 is 2.79 bits per heavy atom. The lowest BCUT2D eigenvalue weighted by Gasteiger charge is -2.16. The van der Waals surface area contributed by atoms with Gasteiger partial charge >= 0.3 is 0 Å². The van der Waals surface area contributed by atoms with Crippen LogP contribution in [0.2, 0.25) is 0 Å². The average molecular weight is 407 g/mol. The molecule has 2 aromatic carbocycles. The Hall–Kier alpha value is -3.06. The first-order valence-electron chi connectivity index (χ1n) is 9.53. The molecule has 4 rings (SSSR count). The lowest BCUT2D eigenvalue weighted by atomic mass is 10.2. The third kappa shape index (κ3) is 4.51. The van der Waals surface area contributed by atoms with Gasteiger partial charge in [-0.05, 0) is 49.2 Å². The van der Waals surface area contributed by atoms with Gasteiger partial charge in [-0.3, -0.25) is 14.2 Å². The number of anilines is 2. The fraction of sp³-hybridized carbons (Fsp3) is 0.227. The quantitative estimate of drug-likeness (QED) is 0.628. The Labute approximate surface area is 173 Å². The monoisotopic (exact) mass is 406 g/mol. The predicted octanol–water partition coefficient (Wildman–Crippen LogP) is 4.04. The van der Waals surface area contributed by atoms with Crippen molar-refractivity contribution in [1.29, 1.82) is 0 Å². The highest BCUT2D eigenvalue weighted by atomic mass is 32.2. The molecule has 0 saturated carbocycles. The minimum atomic E-state index is -0.112. The molecule has 1 N–H and O–H groups in total. The molecule has 1 fully saturated rings. The number of nitrogens with one attached hydrogen (secondary N) is 1. The van der Waals surface area contributed by atoms with Gasteiger partial charge in [-0.1, -0.05) is 30.0 Å². The molecule has 6 nitrogen and oxygen atoms in total. The van der Waals surface area contributed by atoms with Gasteiger partial charge in [0.25, 0.3) is 0 Å². The van der Waals surface area contributed by atoms with Crippen LogP contribution >= 0.6 is 11.8 Å². The van der Waals surface area contributed by atoms with E-state index < -0.39 is 0 Å². The standard InChI is InChI=1S/C22H22N4O2S/c1-16-5-2-7-18(13-16)26-12-10-23-22(26)29-15-20(27)24-17-6-3-8-19(14-17)25-11-4-9-21(25)28/h2-3,5-8,10,12-14H,4,9,11,15H2,1H3,(H,24,27). The van der Waals surface area contributed by atoms with Gasteiger partial charge in [-0.25, -0.2) is 4.98 Å². The van der Waals surface area contributed by atoms with E-state index in [4.69, 9.17) is 0 Å². The van der Waals surface area contributed by atoms with Crippen molar-refractivity contribution >= 4 is 35.0 Å². The number of imidazole rings is 1. The highest BCUT2D eigenvalue weighted by molar-refractivity contribution is 7.99. The summed E-state index contributed by atoms with van der Waals surface area (Å²) in [5.41, 5.74) is 3.71. The van der Waals surface area contributed by atoms with Crippen molar-refractivity contribution in [2.45, 2.75) is 24.9 Å². The molecule has 0 atom stereocenters. The van der Waals surface area contributed by atoms with Crippen molar-refractivity contribution in [3.63, 3.8) is 0 Å². The molecule has 0 bridgehead atoms. The summed E-state index contributed by atoms with van der Waals surface area (Å²) >= 11 is 1.39. The normalized spacial score (nSPS) is 13.7. The van der Waals surface area contributed by atoms with Gasteiger partial charge < -0.3 is 10.2 Å². The topological polar surface area (TPSA) is 67.2 Å². The molecule has 1 aliphatic rings. The summed E-state index contributed by atoms with van der Waals surface area (Å²) in [7, 11) is 0. The van der Waals surface area contributed by atoms with Crippen LogP contribution in [0.15, 0.2) is 66.1 Å². The molecule has 3 aromatic rings. The van der Waals surface area contributed by atoms with E-state index in [0.717, 1.165) is 29.5 Å². The second-order valence-corrected chi connectivity index (χ2v) is 7.90. The smallest absolute Gasteiger partial charge is 0.234 e. The van der Waals surface area contributed by atoms with Gasteiger partial charge in [-0.2, -0.15) is 0 Å². The van der Waals surface area contributed by atoms with Crippen molar-refractivity contribution < 1.29 is 9.59 Å². The summed E-state index contributed by atoms with van der Waals surface area (Å²) in [6.07, 6.45) is 5.09. The summed E-state index contributed by atoms with van der Waals surface area (Å²) in [5, 5.41) is 3.68. The molecule has 2 heterocycles. The maximum absolute atomic E-state index is 12.5. The Morgan fingerprint density at radius 2 is 2.00 bits per heavy atom. The Morgan fingerprint density at radius 1 is 1.17 bits per heavy atom. The summed E-state index contributed by atoms with van der Waals surface area (Å²) < 4.78 is 1.98. The Kier molecular flexibility index (Phi) is 5.67. The third-order valence-electron chi connectivity index (χ3n) is 4.73. The SMILES string of the molecule is Cc1cccc(-n2ccnc2SCC(=O)Nc2cccc(N3CCCC3=O)c2)c1. The average Bonchev–Trinajstić information content (AvgIpc) is 3.35. The molecule has 0 spiro atoms. The lowest BCUT2D eigenvalue weighted by Crippen LogP contribution is -2.23. The number of nitrogens with zero attached hydrogens (tertiary/aromatic N) is 3. The fourth-order valence-corrected chi connectivity index (χ4v) is 4.14. The van der Waals surface area contributed by atoms with Gasteiger partial charge in [0, 0.05) is 42.4 Å². The Balaban J connectivity index is 1.39. The molecule has 1 aromatic heterocycles. The van der Waals surface area contributed by atoms with E-state index in [1.165, 1.54) is 17.3 Å². The van der Waals surface area contributed by atoms with Crippen molar-refractivity contribution in [1.82, 2.24) is 9.55 Å². The van der Waals surface area contributed by atoms with E-state index in [-0.39, 0.29) is 17.6 Å². The lowest BCUT2D eigenvalue weighted by molar-refractivity contribution is -0.117. The molecule has 0 unspecified atom stereocenters. The highest BCUT2D eigenvalue weighted by Crippen LogP contribution is 2.25. The number of carbonyl (C=O) groups excluding carboxylic acids is 2. The number of rotatable bonds is 6. The fourth-order valence-electron chi connectivity index (χ4n) is 3.37. The van der Waals surface area contributed by atoms with Crippen molar-refractivity contribution in [2.24, 2.45) is 0 Å². The van der Waals surface area contributed by atoms with Gasteiger partial charge in [0.05, 0.1) is 5.75 Å². The minimum Gasteiger partial charge on any atom is -0.325 e. The molecule has 0 aliphatic carbocycles. The Bertz CT molecular complexity index is 1050. The van der Waals surface area contributed by atoms with Crippen molar-refractivity contribution in [2.75, 3.05) is 22.5 Å². The minimum absolute atomic E-state index is 0.112. The molecule has 29 heavy (non-hydrogen) atoms. The number of aromatic nitrogens is 2. The molecule has 2 amide bonds. The maximum Gasteiger partial charge on any atom is 0.234 e. The van der Waals surface area contributed by atoms with Gasteiger partial charge in [0.2, 0.25) is 11.8 Å². The zero-order valence-electron chi connectivity index (χ0n) is 16.2. The molecule has 148 valence electrons. The van der Waals surface area contributed by atoms with Gasteiger partial charge in [-0.15, -0.1) is 0 Å². The number of hydrogen-bond donors (Lipinski definition) is 1. The number of aryl methyl sites for hydroxylation is 1. The third-order valence-corrected chi connectivity index (χ3v) is 5.70. The van der Waals surface area contributed by atoms with Crippen LogP contribution in [-0.4, -0.2) is 33.7 Å². The van der Waals surface area contributed by atoms with Gasteiger partial charge in [0.15, 0.2) is 5.16 Å². The van der Waals surface area contributed by atoms with Crippen LogP contribution < -0.4 is 10.2 Å². The van der Waals surface area contributed by atoms with E-state index >= 15 is 0 Å². The second kappa shape index (κ2) is 8.53. The van der Waals surface area contributed by atoms with Crippen LogP contribution in [-0.2, 0) is 9.59 Å². The predicted molar refractivity (Wildman–Crippen MR) is 116 cm³/mol. The van der Waals surface area contributed by atoms with Gasteiger partial charge in [0.1, 0.15) is 0 Å². The summed E-state index contributed by atoms with van der Waals surface area (Å²) in [5.74, 6) is 0.265. The van der Waals surface area contributed by atoms with Crippen LogP contribution in [0.5, 0.6) is 0 Å². The van der Waals surface area contributed by atoms with Crippen LogP contribution in [0.1, 0.15) is 18.4 Å². The summed E-state index contributed by atoms with van der Waals surface area (Å²) in [6, 6.07) is 15.6. The van der Waals surface area contributed by atoms with E-state index in [2.05, 4.69) is 16.4 Å². The second-order valence-electron chi connectivity index (χ2n) is 6.95. The molecular weight excluding hydrogens is 384 g/mol. The van der Waals surface area contributed by atoms with E-state index in [9.17, 15) is 9.59 Å². The number of thioether (sulfide) groups is 1. The maximum atomic E-state index is 12.5. The first kappa shape index (κ1) is 19.3. The molecule has 7 heteroatoms. The first-order chi connectivity index (χ1) is 14.1. The van der Waals surface area contributed by atoms with Crippen LogP contribution in [0.4, 0.5) is 11.4 Å². The first-order valence-corrected chi connectivity index (χ1v) is 10.5. The highest BCUT2D eigenvalue weighted by Gasteiger charge is 2.21. The van der Waals surface area contributed by atoms with Crippen molar-refractivity contribution in [3.8, 4) is 5.69 Å². The zero-order valence-corrected chi connectivity index (χ0v) is 17.0. The zero-order chi connectivity index (χ0) is 20.2. The van der Waals surface area contributed by atoms with Crippen LogP contribution in [0.25, 0.3) is 5.69 Å². The summed E-state index contributed by atoms with van der Waals surface area (Å²) in [4.78, 5) is 30.5. The van der Waals surface area contributed by atoms with E-state index in [0.29, 0.717) is 12.1 Å². The van der Waals surface area contributed by atoms with Crippen LogP contribution in [0.3, 0.4) is 0 Å². The van der Waals surface area contributed by atoms with E-state index in [1.807, 2.05) is 60.2 Å². The van der Waals surface area contributed by atoms with Crippen LogP contribution in [0, 0.1) is 6.92 Å². The largest absolute Gasteiger partial charge is 0.325 e. The van der Waals surface area contributed by atoms with Crippen molar-refractivity contribution in [3.05, 3.63) is 66.5 Å². The number of amides is 2. The molecule has 0 radical (unpaired) electrons. The molecular formula is C22H22N4O2S. The molecule has 1 saturated heterocycles. The van der Waals surface area contributed by atoms with E-state index in [1.54, 1.807) is 11.1 Å².